The lowest BCUT2D eigenvalue weighted by molar-refractivity contribution is -0.870. The van der Waals surface area contributed by atoms with Crippen molar-refractivity contribution >= 4 is 19.7 Å². The molecule has 0 aromatic rings. The van der Waals surface area contributed by atoms with E-state index in [1.165, 1.54) is 154 Å². The maximum absolute atomic E-state index is 13.5. The van der Waals surface area contributed by atoms with E-state index in [4.69, 9.17) is 13.8 Å². The Morgan fingerprint density at radius 3 is 1.34 bits per heavy atom. The van der Waals surface area contributed by atoms with E-state index < -0.39 is 20.0 Å². The number of carbonyl (C=O) groups excluding carboxylic acids is 2. The number of hydrogen-bond donors (Lipinski definition) is 1. The smallest absolute Gasteiger partial charge is 0.306 e. The van der Waals surface area contributed by atoms with Gasteiger partial charge >= 0.3 is 5.97 Å². The molecule has 0 aromatic carbocycles. The number of nitrogens with zero attached hydrogens (tertiary/aromatic N) is 1. The van der Waals surface area contributed by atoms with Crippen LogP contribution in [0.25, 0.3) is 0 Å². The van der Waals surface area contributed by atoms with Crippen molar-refractivity contribution < 1.29 is 37.3 Å². The number of allylic oxidation sites excluding steroid dienone is 5. The summed E-state index contributed by atoms with van der Waals surface area (Å²) in [4.78, 5) is 39.8. The molecule has 0 aliphatic heterocycles. The molecule has 0 fully saturated rings. The molecule has 0 saturated carbocycles. The zero-order valence-electron chi connectivity index (χ0n) is 44.9. The van der Waals surface area contributed by atoms with E-state index in [1.807, 2.05) is 33.3 Å². The minimum Gasteiger partial charge on any atom is -0.756 e. The van der Waals surface area contributed by atoms with Crippen LogP contribution in [0.3, 0.4) is 0 Å². The van der Waals surface area contributed by atoms with Gasteiger partial charge in [-0.1, -0.05) is 231 Å². The molecular formula is C57H109N2O7P. The summed E-state index contributed by atoms with van der Waals surface area (Å²) in [5.41, 5.74) is 0. The van der Waals surface area contributed by atoms with Crippen molar-refractivity contribution in [1.29, 1.82) is 0 Å². The summed E-state index contributed by atoms with van der Waals surface area (Å²) in [5, 5.41) is 3.02. The monoisotopic (exact) mass is 965 g/mol. The molecular weight excluding hydrogens is 856 g/mol. The summed E-state index contributed by atoms with van der Waals surface area (Å²) in [5.74, 6) is -0.547. The highest BCUT2D eigenvalue weighted by Gasteiger charge is 2.27. The predicted molar refractivity (Wildman–Crippen MR) is 284 cm³/mol. The van der Waals surface area contributed by atoms with Gasteiger partial charge in [0.05, 0.1) is 33.8 Å². The Bertz CT molecular complexity index is 1250. The van der Waals surface area contributed by atoms with Gasteiger partial charge in [0.1, 0.15) is 19.3 Å². The first-order valence-electron chi connectivity index (χ1n) is 28.3. The molecule has 1 amide bonds. The van der Waals surface area contributed by atoms with Gasteiger partial charge in [-0.3, -0.25) is 14.2 Å². The number of hydrogen-bond acceptors (Lipinski definition) is 7. The summed E-state index contributed by atoms with van der Waals surface area (Å²) in [6.45, 7) is 6.81. The van der Waals surface area contributed by atoms with Crippen LogP contribution in [0.4, 0.5) is 0 Å². The fourth-order valence-electron chi connectivity index (χ4n) is 8.16. The fourth-order valence-corrected chi connectivity index (χ4v) is 8.88. The zero-order chi connectivity index (χ0) is 49.4. The van der Waals surface area contributed by atoms with Gasteiger partial charge in [0.25, 0.3) is 7.82 Å². The van der Waals surface area contributed by atoms with Crippen LogP contribution in [0.1, 0.15) is 265 Å². The molecule has 0 aliphatic carbocycles. The molecule has 3 unspecified atom stereocenters. The van der Waals surface area contributed by atoms with Crippen LogP contribution >= 0.6 is 7.82 Å². The molecule has 0 bridgehead atoms. The molecule has 0 aromatic heterocycles. The van der Waals surface area contributed by atoms with Gasteiger partial charge < -0.3 is 28.5 Å². The van der Waals surface area contributed by atoms with Crippen molar-refractivity contribution in [2.45, 2.75) is 277 Å². The number of unbranched alkanes of at least 4 members (excludes halogenated alkanes) is 32. The summed E-state index contributed by atoms with van der Waals surface area (Å²) in [6.07, 6.45) is 55.3. The van der Waals surface area contributed by atoms with Crippen LogP contribution in [-0.4, -0.2) is 69.4 Å². The molecule has 0 radical (unpaired) electrons. The van der Waals surface area contributed by atoms with Crippen molar-refractivity contribution in [1.82, 2.24) is 5.32 Å². The third kappa shape index (κ3) is 49.0. The molecule has 0 rings (SSSR count). The minimum absolute atomic E-state index is 0.0224. The summed E-state index contributed by atoms with van der Waals surface area (Å²) >= 11 is 0. The number of nitrogens with one attached hydrogen (secondary N) is 1. The normalized spacial score (nSPS) is 14.1. The maximum atomic E-state index is 13.5. The molecule has 0 saturated heterocycles. The summed E-state index contributed by atoms with van der Waals surface area (Å²) < 4.78 is 30.2. The lowest BCUT2D eigenvalue weighted by Gasteiger charge is -2.30. The molecule has 0 aliphatic rings. The average Bonchev–Trinajstić information content (AvgIpc) is 3.28. The van der Waals surface area contributed by atoms with Crippen LogP contribution in [0.15, 0.2) is 36.5 Å². The van der Waals surface area contributed by atoms with Crippen molar-refractivity contribution in [2.75, 3.05) is 40.9 Å². The van der Waals surface area contributed by atoms with Crippen molar-refractivity contribution in [2.24, 2.45) is 0 Å². The number of phosphoric acid groups is 1. The van der Waals surface area contributed by atoms with Gasteiger partial charge in [-0.15, -0.1) is 0 Å². The first-order chi connectivity index (χ1) is 32.4. The number of carbonyl (C=O) groups is 2. The Balaban J connectivity index is 5.34. The first kappa shape index (κ1) is 65.2. The Hall–Kier alpha value is -1.77. The SMILES string of the molecule is CCCCC/C=C/C=C/CCCCCCCCC(=O)OC(/C=C/CCCCCCCCCCC)C(COP(=O)([O-])OCC[N+](C)(C)C)NC(=O)CCCCCCCCCCCCCCCCC. The number of ether oxygens (including phenoxy) is 1. The number of amides is 1. The summed E-state index contributed by atoms with van der Waals surface area (Å²) in [6, 6.07) is -0.887. The fraction of sp³-hybridized carbons (Fsp3) is 0.860. The number of likely N-dealkylation sites (N-methyl/N-ethyl adjacent to an activating group) is 1. The molecule has 394 valence electrons. The largest absolute Gasteiger partial charge is 0.756 e. The van der Waals surface area contributed by atoms with Gasteiger partial charge in [0.15, 0.2) is 0 Å². The van der Waals surface area contributed by atoms with Crippen molar-refractivity contribution in [3.8, 4) is 0 Å². The van der Waals surface area contributed by atoms with Crippen molar-refractivity contribution in [3.63, 3.8) is 0 Å². The lowest BCUT2D eigenvalue weighted by atomic mass is 10.0. The number of phosphoric ester groups is 1. The van der Waals surface area contributed by atoms with Crippen molar-refractivity contribution in [3.05, 3.63) is 36.5 Å². The van der Waals surface area contributed by atoms with E-state index in [9.17, 15) is 19.0 Å². The third-order valence-electron chi connectivity index (χ3n) is 12.6. The second-order valence-corrected chi connectivity index (χ2v) is 21.9. The highest BCUT2D eigenvalue weighted by molar-refractivity contribution is 7.45. The van der Waals surface area contributed by atoms with Gasteiger partial charge in [0, 0.05) is 12.8 Å². The Morgan fingerprint density at radius 1 is 0.522 bits per heavy atom. The van der Waals surface area contributed by atoms with Crippen LogP contribution in [-0.2, 0) is 27.9 Å². The van der Waals surface area contributed by atoms with E-state index in [0.29, 0.717) is 17.4 Å². The number of esters is 1. The van der Waals surface area contributed by atoms with Crippen LogP contribution in [0.5, 0.6) is 0 Å². The standard InChI is InChI=1S/C57H109N2O7P/c1-7-10-13-16-19-22-25-27-29-31-34-37-40-43-46-49-56(60)58-54(53-65-67(62,63)64-52-51-59(4,5)6)55(48-45-42-39-36-33-24-21-18-15-12-9-3)66-57(61)50-47-44-41-38-35-32-30-28-26-23-20-17-14-11-8-2/h20,23,26,28,45,48,54-55H,7-19,21-22,24-25,27,29-44,46-47,49-53H2,1-6H3,(H-,58,60,62,63)/b23-20+,28-26+,48-45+. The van der Waals surface area contributed by atoms with Gasteiger partial charge in [-0.2, -0.15) is 0 Å². The lowest BCUT2D eigenvalue weighted by Crippen LogP contribution is -2.47. The quantitative estimate of drug-likeness (QED) is 0.0161. The summed E-state index contributed by atoms with van der Waals surface area (Å²) in [7, 11) is 1.18. The van der Waals surface area contributed by atoms with Crippen LogP contribution < -0.4 is 10.2 Å². The topological polar surface area (TPSA) is 114 Å². The number of rotatable bonds is 51. The Labute approximate surface area is 415 Å². The van der Waals surface area contributed by atoms with E-state index >= 15 is 0 Å². The van der Waals surface area contributed by atoms with Crippen LogP contribution in [0.2, 0.25) is 0 Å². The molecule has 0 spiro atoms. The maximum Gasteiger partial charge on any atom is 0.306 e. The molecule has 67 heavy (non-hydrogen) atoms. The molecule has 1 N–H and O–H groups in total. The molecule has 3 atom stereocenters. The highest BCUT2D eigenvalue weighted by atomic mass is 31.2. The molecule has 0 heterocycles. The first-order valence-corrected chi connectivity index (χ1v) is 29.8. The minimum atomic E-state index is -4.69. The van der Waals surface area contributed by atoms with Gasteiger partial charge in [-0.25, -0.2) is 0 Å². The Kier molecular flexibility index (Phi) is 46.6. The van der Waals surface area contributed by atoms with E-state index in [-0.39, 0.29) is 31.5 Å². The predicted octanol–water partition coefficient (Wildman–Crippen LogP) is 16.1. The average molecular weight is 965 g/mol. The van der Waals surface area contributed by atoms with E-state index in [2.05, 4.69) is 50.4 Å². The third-order valence-corrected chi connectivity index (χ3v) is 13.6. The highest BCUT2D eigenvalue weighted by Crippen LogP contribution is 2.38. The number of quaternary nitrogens is 1. The molecule has 9 nitrogen and oxygen atoms in total. The van der Waals surface area contributed by atoms with E-state index in [1.54, 1.807) is 0 Å². The second-order valence-electron chi connectivity index (χ2n) is 20.5. The van der Waals surface area contributed by atoms with Gasteiger partial charge in [0.2, 0.25) is 5.91 Å². The Morgan fingerprint density at radius 2 is 0.896 bits per heavy atom. The zero-order valence-corrected chi connectivity index (χ0v) is 45.8. The van der Waals surface area contributed by atoms with Gasteiger partial charge in [-0.05, 0) is 57.4 Å². The second kappa shape index (κ2) is 47.9. The van der Waals surface area contributed by atoms with E-state index in [0.717, 1.165) is 77.0 Å². The van der Waals surface area contributed by atoms with Crippen LogP contribution in [0, 0.1) is 0 Å². The molecule has 10 heteroatoms.